The summed E-state index contributed by atoms with van der Waals surface area (Å²) in [6.07, 6.45) is 0. The molecule has 0 spiro atoms. The summed E-state index contributed by atoms with van der Waals surface area (Å²) in [5.74, 6) is 0.000481. The van der Waals surface area contributed by atoms with Gasteiger partial charge < -0.3 is 4.90 Å². The van der Waals surface area contributed by atoms with Gasteiger partial charge in [-0.3, -0.25) is 9.48 Å². The molecule has 0 aliphatic rings. The van der Waals surface area contributed by atoms with Crippen molar-refractivity contribution in [2.75, 3.05) is 7.05 Å². The zero-order chi connectivity index (χ0) is 15.9. The van der Waals surface area contributed by atoms with Crippen LogP contribution in [0.2, 0.25) is 5.02 Å². The van der Waals surface area contributed by atoms with Crippen LogP contribution in [-0.4, -0.2) is 27.6 Å². The van der Waals surface area contributed by atoms with Crippen molar-refractivity contribution in [1.29, 1.82) is 0 Å². The van der Waals surface area contributed by atoms with Gasteiger partial charge in [0.2, 0.25) is 0 Å². The topological polar surface area (TPSA) is 38.1 Å². The van der Waals surface area contributed by atoms with Crippen molar-refractivity contribution in [3.63, 3.8) is 0 Å². The highest BCUT2D eigenvalue weighted by Gasteiger charge is 2.18. The first-order valence-corrected chi connectivity index (χ1v) is 8.09. The van der Waals surface area contributed by atoms with E-state index in [0.717, 1.165) is 26.4 Å². The summed E-state index contributed by atoms with van der Waals surface area (Å²) in [6, 6.07) is 9.51. The van der Waals surface area contributed by atoms with Gasteiger partial charge >= 0.3 is 0 Å². The zero-order valence-electron chi connectivity index (χ0n) is 12.6. The Balaban J connectivity index is 1.85. The number of rotatable bonds is 3. The second kappa shape index (κ2) is 5.74. The monoisotopic (exact) mass is 333 g/mol. The van der Waals surface area contributed by atoms with Crippen LogP contribution in [0.3, 0.4) is 0 Å². The van der Waals surface area contributed by atoms with E-state index < -0.39 is 0 Å². The Bertz CT molecular complexity index is 818. The minimum atomic E-state index is 0.000481. The van der Waals surface area contributed by atoms with Crippen molar-refractivity contribution < 1.29 is 4.79 Å². The fourth-order valence-corrected chi connectivity index (χ4v) is 3.77. The Labute approximate surface area is 137 Å². The lowest BCUT2D eigenvalue weighted by Crippen LogP contribution is -2.25. The molecule has 3 rings (SSSR count). The second-order valence-corrected chi connectivity index (χ2v) is 6.73. The Morgan fingerprint density at radius 2 is 2.14 bits per heavy atom. The smallest absolute Gasteiger partial charge is 0.264 e. The molecule has 0 bridgehead atoms. The van der Waals surface area contributed by atoms with Crippen molar-refractivity contribution in [2.24, 2.45) is 7.05 Å². The summed E-state index contributed by atoms with van der Waals surface area (Å²) in [7, 11) is 3.69. The first kappa shape index (κ1) is 15.1. The van der Waals surface area contributed by atoms with Crippen molar-refractivity contribution in [2.45, 2.75) is 13.5 Å². The van der Waals surface area contributed by atoms with E-state index in [-0.39, 0.29) is 5.91 Å². The fraction of sp³-hybridized carbons (Fsp3) is 0.250. The lowest BCUT2D eigenvalue weighted by Gasteiger charge is -2.17. The van der Waals surface area contributed by atoms with Gasteiger partial charge in [-0.1, -0.05) is 29.8 Å². The molecule has 1 aromatic carbocycles. The molecule has 0 aliphatic heterocycles. The molecule has 0 aliphatic carbocycles. The summed E-state index contributed by atoms with van der Waals surface area (Å²) in [5, 5.41) is 6.08. The molecule has 114 valence electrons. The van der Waals surface area contributed by atoms with Crippen LogP contribution < -0.4 is 0 Å². The van der Waals surface area contributed by atoms with Crippen LogP contribution in [0.4, 0.5) is 0 Å². The Hall–Kier alpha value is -1.85. The van der Waals surface area contributed by atoms with Gasteiger partial charge in [-0.2, -0.15) is 5.10 Å². The van der Waals surface area contributed by atoms with E-state index in [1.807, 2.05) is 49.0 Å². The molecule has 0 radical (unpaired) electrons. The predicted octanol–water partition coefficient (Wildman–Crippen LogP) is 3.87. The van der Waals surface area contributed by atoms with Gasteiger partial charge in [-0.05, 0) is 24.6 Å². The number of halogens is 1. The highest BCUT2D eigenvalue weighted by molar-refractivity contribution is 7.20. The molecule has 0 saturated heterocycles. The number of hydrogen-bond donors (Lipinski definition) is 0. The number of aryl methyl sites for hydroxylation is 2. The molecule has 0 unspecified atom stereocenters. The summed E-state index contributed by atoms with van der Waals surface area (Å²) < 4.78 is 1.82. The Kier molecular flexibility index (Phi) is 3.93. The Morgan fingerprint density at radius 3 is 2.82 bits per heavy atom. The third-order valence-corrected chi connectivity index (χ3v) is 5.18. The van der Waals surface area contributed by atoms with E-state index in [4.69, 9.17) is 11.6 Å². The van der Waals surface area contributed by atoms with Crippen molar-refractivity contribution in [3.05, 3.63) is 51.5 Å². The molecule has 4 nitrogen and oxygen atoms in total. The van der Waals surface area contributed by atoms with Crippen molar-refractivity contribution >= 4 is 39.1 Å². The fourth-order valence-electron chi connectivity index (χ4n) is 2.45. The molecule has 3 aromatic rings. The maximum absolute atomic E-state index is 12.6. The minimum absolute atomic E-state index is 0.000481. The van der Waals surface area contributed by atoms with Crippen LogP contribution >= 0.6 is 22.9 Å². The van der Waals surface area contributed by atoms with Crippen LogP contribution in [0.1, 0.15) is 20.9 Å². The molecule has 22 heavy (non-hydrogen) atoms. The SMILES string of the molecule is Cc1nn(C)c2sc(C(=O)N(C)Cc3ccccc3Cl)cc12. The number of aromatic nitrogens is 2. The summed E-state index contributed by atoms with van der Waals surface area (Å²) in [6.45, 7) is 2.45. The lowest BCUT2D eigenvalue weighted by atomic mass is 10.2. The molecular weight excluding hydrogens is 318 g/mol. The van der Waals surface area contributed by atoms with Gasteiger partial charge in [0.15, 0.2) is 0 Å². The van der Waals surface area contributed by atoms with Gasteiger partial charge in [0.25, 0.3) is 5.91 Å². The first-order valence-electron chi connectivity index (χ1n) is 6.89. The van der Waals surface area contributed by atoms with E-state index >= 15 is 0 Å². The number of fused-ring (bicyclic) bond motifs is 1. The molecule has 0 fully saturated rings. The van der Waals surface area contributed by atoms with Crippen molar-refractivity contribution in [3.8, 4) is 0 Å². The molecule has 1 amide bonds. The minimum Gasteiger partial charge on any atom is -0.337 e. The lowest BCUT2D eigenvalue weighted by molar-refractivity contribution is 0.0790. The largest absolute Gasteiger partial charge is 0.337 e. The van der Waals surface area contributed by atoms with Crippen molar-refractivity contribution in [1.82, 2.24) is 14.7 Å². The van der Waals surface area contributed by atoms with Crippen LogP contribution in [0.15, 0.2) is 30.3 Å². The van der Waals surface area contributed by atoms with Gasteiger partial charge in [-0.25, -0.2) is 0 Å². The quantitative estimate of drug-likeness (QED) is 0.729. The maximum atomic E-state index is 12.6. The third kappa shape index (κ3) is 2.62. The van der Waals surface area contributed by atoms with E-state index in [0.29, 0.717) is 11.6 Å². The number of carbonyl (C=O) groups is 1. The van der Waals surface area contributed by atoms with Crippen LogP contribution in [0.5, 0.6) is 0 Å². The first-order chi connectivity index (χ1) is 10.5. The Morgan fingerprint density at radius 1 is 1.41 bits per heavy atom. The second-order valence-electron chi connectivity index (χ2n) is 5.29. The molecule has 6 heteroatoms. The average Bonchev–Trinajstić information content (AvgIpc) is 3.03. The highest BCUT2D eigenvalue weighted by atomic mass is 35.5. The van der Waals surface area contributed by atoms with Crippen LogP contribution in [-0.2, 0) is 13.6 Å². The van der Waals surface area contributed by atoms with Gasteiger partial charge in [0.05, 0.1) is 10.6 Å². The molecule has 0 saturated carbocycles. The van der Waals surface area contributed by atoms with E-state index in [1.165, 1.54) is 11.3 Å². The van der Waals surface area contributed by atoms with E-state index in [1.54, 1.807) is 11.9 Å². The number of thiophene rings is 1. The van der Waals surface area contributed by atoms with Gasteiger partial charge in [-0.15, -0.1) is 11.3 Å². The van der Waals surface area contributed by atoms with Gasteiger partial charge in [0.1, 0.15) is 4.83 Å². The maximum Gasteiger partial charge on any atom is 0.264 e. The van der Waals surface area contributed by atoms with E-state index in [9.17, 15) is 4.79 Å². The van der Waals surface area contributed by atoms with Gasteiger partial charge in [0, 0.05) is 31.0 Å². The summed E-state index contributed by atoms with van der Waals surface area (Å²) in [5.41, 5.74) is 1.89. The average molecular weight is 334 g/mol. The summed E-state index contributed by atoms with van der Waals surface area (Å²) in [4.78, 5) is 16.0. The molecule has 0 atom stereocenters. The molecular formula is C16H16ClN3OS. The summed E-state index contributed by atoms with van der Waals surface area (Å²) >= 11 is 7.63. The number of carbonyl (C=O) groups excluding carboxylic acids is 1. The van der Waals surface area contributed by atoms with Crippen LogP contribution in [0.25, 0.3) is 10.2 Å². The number of amides is 1. The standard InChI is InChI=1S/C16H16ClN3OS/c1-10-12-8-14(22-16(12)20(3)18-10)15(21)19(2)9-11-6-4-5-7-13(11)17/h4-8H,9H2,1-3H3. The molecule has 2 aromatic heterocycles. The molecule has 0 N–H and O–H groups in total. The normalized spacial score (nSPS) is 11.1. The third-order valence-electron chi connectivity index (χ3n) is 3.62. The highest BCUT2D eigenvalue weighted by Crippen LogP contribution is 2.28. The number of hydrogen-bond acceptors (Lipinski definition) is 3. The van der Waals surface area contributed by atoms with E-state index in [2.05, 4.69) is 5.10 Å². The molecule has 2 heterocycles. The predicted molar refractivity (Wildman–Crippen MR) is 90.6 cm³/mol. The number of nitrogens with zero attached hydrogens (tertiary/aromatic N) is 3. The zero-order valence-corrected chi connectivity index (χ0v) is 14.2. The number of benzene rings is 1. The van der Waals surface area contributed by atoms with Crippen LogP contribution in [0, 0.1) is 6.92 Å².